The minimum atomic E-state index is -0.223. The molecule has 0 bridgehead atoms. The van der Waals surface area contributed by atoms with Crippen LogP contribution >= 0.6 is 0 Å². The Morgan fingerprint density at radius 1 is 1.39 bits per heavy atom. The van der Waals surface area contributed by atoms with Crippen molar-refractivity contribution < 1.29 is 9.53 Å². The number of amides is 2. The Morgan fingerprint density at radius 2 is 2.06 bits per heavy atom. The van der Waals surface area contributed by atoms with Gasteiger partial charge in [-0.1, -0.05) is 19.1 Å². The summed E-state index contributed by atoms with van der Waals surface area (Å²) in [7, 11) is 1.62. The fourth-order valence-electron chi connectivity index (χ4n) is 1.54. The predicted octanol–water partition coefficient (Wildman–Crippen LogP) is 1.69. The minimum Gasteiger partial charge on any atom is -0.383 e. The Labute approximate surface area is 108 Å². The molecular formula is C13H21N3O2. The first-order valence-corrected chi connectivity index (χ1v) is 6.05. The van der Waals surface area contributed by atoms with Crippen molar-refractivity contribution in [1.29, 1.82) is 0 Å². The van der Waals surface area contributed by atoms with Crippen LogP contribution in [0.2, 0.25) is 0 Å². The smallest absolute Gasteiger partial charge is 0.319 e. The fraction of sp³-hybridized carbons (Fsp3) is 0.462. The zero-order valence-electron chi connectivity index (χ0n) is 10.9. The number of nitrogens with two attached hydrogens (primary N) is 1. The molecule has 2 amide bonds. The van der Waals surface area contributed by atoms with Crippen molar-refractivity contribution in [2.45, 2.75) is 25.9 Å². The Kier molecular flexibility index (Phi) is 6.18. The molecule has 100 valence electrons. The normalized spacial score (nSPS) is 11.9. The molecule has 0 aromatic heterocycles. The van der Waals surface area contributed by atoms with Gasteiger partial charge in [-0.3, -0.25) is 0 Å². The first-order valence-electron chi connectivity index (χ1n) is 6.05. The van der Waals surface area contributed by atoms with Crippen LogP contribution in [0.25, 0.3) is 0 Å². The van der Waals surface area contributed by atoms with E-state index in [0.29, 0.717) is 13.2 Å². The second kappa shape index (κ2) is 7.68. The van der Waals surface area contributed by atoms with Gasteiger partial charge in [-0.15, -0.1) is 0 Å². The van der Waals surface area contributed by atoms with Crippen LogP contribution in [-0.4, -0.2) is 25.8 Å². The third kappa shape index (κ3) is 4.73. The number of methoxy groups -OCH3 is 1. The number of carbonyl (C=O) groups excluding carboxylic acids is 1. The van der Waals surface area contributed by atoms with E-state index in [-0.39, 0.29) is 12.1 Å². The Bertz CT molecular complexity index is 365. The van der Waals surface area contributed by atoms with E-state index in [2.05, 4.69) is 10.6 Å². The van der Waals surface area contributed by atoms with Crippen LogP contribution in [0.3, 0.4) is 0 Å². The highest BCUT2D eigenvalue weighted by molar-refractivity contribution is 5.89. The van der Waals surface area contributed by atoms with E-state index in [9.17, 15) is 4.79 Å². The van der Waals surface area contributed by atoms with Crippen LogP contribution in [0.4, 0.5) is 10.5 Å². The fourth-order valence-corrected chi connectivity index (χ4v) is 1.54. The molecule has 0 fully saturated rings. The van der Waals surface area contributed by atoms with Crippen molar-refractivity contribution >= 4 is 11.7 Å². The first-order chi connectivity index (χ1) is 8.69. The van der Waals surface area contributed by atoms with Gasteiger partial charge in [0, 0.05) is 19.3 Å². The molecular weight excluding hydrogens is 230 g/mol. The maximum Gasteiger partial charge on any atom is 0.319 e. The lowest BCUT2D eigenvalue weighted by molar-refractivity contribution is 0.165. The molecule has 0 saturated carbocycles. The van der Waals surface area contributed by atoms with Crippen molar-refractivity contribution in [3.63, 3.8) is 0 Å². The molecule has 1 rings (SSSR count). The van der Waals surface area contributed by atoms with E-state index >= 15 is 0 Å². The van der Waals surface area contributed by atoms with Gasteiger partial charge in [0.15, 0.2) is 0 Å². The molecule has 0 spiro atoms. The van der Waals surface area contributed by atoms with Crippen LogP contribution in [0.1, 0.15) is 18.9 Å². The molecule has 0 aliphatic rings. The van der Waals surface area contributed by atoms with Crippen molar-refractivity contribution in [3.05, 3.63) is 29.8 Å². The second-order valence-electron chi connectivity index (χ2n) is 4.06. The van der Waals surface area contributed by atoms with Gasteiger partial charge in [0.2, 0.25) is 0 Å². The van der Waals surface area contributed by atoms with Crippen LogP contribution in [0.15, 0.2) is 24.3 Å². The molecule has 1 atom stereocenters. The van der Waals surface area contributed by atoms with E-state index < -0.39 is 0 Å². The lowest BCUT2D eigenvalue weighted by Crippen LogP contribution is -2.40. The summed E-state index contributed by atoms with van der Waals surface area (Å²) in [6, 6.07) is 7.25. The molecule has 0 aliphatic carbocycles. The van der Waals surface area contributed by atoms with E-state index in [1.807, 2.05) is 31.2 Å². The third-order valence-corrected chi connectivity index (χ3v) is 2.64. The molecule has 0 aliphatic heterocycles. The lowest BCUT2D eigenvalue weighted by atomic mass is 10.2. The lowest BCUT2D eigenvalue weighted by Gasteiger charge is -2.16. The van der Waals surface area contributed by atoms with Gasteiger partial charge >= 0.3 is 6.03 Å². The third-order valence-electron chi connectivity index (χ3n) is 2.64. The Morgan fingerprint density at radius 3 is 2.56 bits per heavy atom. The van der Waals surface area contributed by atoms with Crippen molar-refractivity contribution in [2.75, 3.05) is 19.0 Å². The summed E-state index contributed by atoms with van der Waals surface area (Å²) >= 11 is 0. The molecule has 5 nitrogen and oxygen atoms in total. The SMILES string of the molecule is CCC(COC)NC(=O)Nc1ccc(CN)cc1. The zero-order valence-corrected chi connectivity index (χ0v) is 10.9. The van der Waals surface area contributed by atoms with Crippen LogP contribution in [-0.2, 0) is 11.3 Å². The number of hydrogen-bond acceptors (Lipinski definition) is 3. The van der Waals surface area contributed by atoms with Crippen LogP contribution in [0.5, 0.6) is 0 Å². The van der Waals surface area contributed by atoms with Crippen molar-refractivity contribution in [2.24, 2.45) is 5.73 Å². The summed E-state index contributed by atoms with van der Waals surface area (Å²) < 4.78 is 5.02. The summed E-state index contributed by atoms with van der Waals surface area (Å²) in [5, 5.41) is 5.61. The summed E-state index contributed by atoms with van der Waals surface area (Å²) in [6.07, 6.45) is 0.827. The number of rotatable bonds is 6. The number of carbonyl (C=O) groups is 1. The Balaban J connectivity index is 2.47. The molecule has 0 saturated heterocycles. The number of benzene rings is 1. The monoisotopic (exact) mass is 251 g/mol. The standard InChI is InChI=1S/C13H21N3O2/c1-3-11(9-18-2)15-13(17)16-12-6-4-10(8-14)5-7-12/h4-7,11H,3,8-9,14H2,1-2H3,(H2,15,16,17). The highest BCUT2D eigenvalue weighted by atomic mass is 16.5. The molecule has 5 heteroatoms. The maximum absolute atomic E-state index is 11.7. The molecule has 1 unspecified atom stereocenters. The largest absolute Gasteiger partial charge is 0.383 e. The van der Waals surface area contributed by atoms with Gasteiger partial charge in [0.25, 0.3) is 0 Å². The number of nitrogens with one attached hydrogen (secondary N) is 2. The van der Waals surface area contributed by atoms with Crippen LogP contribution < -0.4 is 16.4 Å². The summed E-state index contributed by atoms with van der Waals surface area (Å²) in [4.78, 5) is 11.7. The highest BCUT2D eigenvalue weighted by Crippen LogP contribution is 2.08. The average molecular weight is 251 g/mol. The molecule has 1 aromatic rings. The molecule has 0 radical (unpaired) electrons. The predicted molar refractivity (Wildman–Crippen MR) is 72.4 cm³/mol. The summed E-state index contributed by atoms with van der Waals surface area (Å²) in [5.74, 6) is 0. The molecule has 1 aromatic carbocycles. The molecule has 18 heavy (non-hydrogen) atoms. The number of anilines is 1. The zero-order chi connectivity index (χ0) is 13.4. The molecule has 4 N–H and O–H groups in total. The van der Waals surface area contributed by atoms with Crippen molar-refractivity contribution in [1.82, 2.24) is 5.32 Å². The van der Waals surface area contributed by atoms with E-state index in [1.54, 1.807) is 7.11 Å². The van der Waals surface area contributed by atoms with Crippen molar-refractivity contribution in [3.8, 4) is 0 Å². The highest BCUT2D eigenvalue weighted by Gasteiger charge is 2.09. The van der Waals surface area contributed by atoms with Gasteiger partial charge in [-0.25, -0.2) is 4.79 Å². The number of ether oxygens (including phenoxy) is 1. The first kappa shape index (κ1) is 14.5. The minimum absolute atomic E-state index is 0.0262. The van der Waals surface area contributed by atoms with Gasteiger partial charge in [-0.05, 0) is 24.1 Å². The summed E-state index contributed by atoms with van der Waals surface area (Å²) in [6.45, 7) is 3.01. The van der Waals surface area contributed by atoms with Gasteiger partial charge in [-0.2, -0.15) is 0 Å². The van der Waals surface area contributed by atoms with E-state index in [0.717, 1.165) is 17.7 Å². The van der Waals surface area contributed by atoms with Gasteiger partial charge in [0.05, 0.1) is 12.6 Å². The Hall–Kier alpha value is -1.59. The molecule has 0 heterocycles. The maximum atomic E-state index is 11.7. The number of hydrogen-bond donors (Lipinski definition) is 3. The average Bonchev–Trinajstić information content (AvgIpc) is 2.39. The van der Waals surface area contributed by atoms with Gasteiger partial charge < -0.3 is 21.1 Å². The van der Waals surface area contributed by atoms with Gasteiger partial charge in [0.1, 0.15) is 0 Å². The van der Waals surface area contributed by atoms with E-state index in [1.165, 1.54) is 0 Å². The second-order valence-corrected chi connectivity index (χ2v) is 4.06. The topological polar surface area (TPSA) is 76.4 Å². The quantitative estimate of drug-likeness (QED) is 0.720. The van der Waals surface area contributed by atoms with E-state index in [4.69, 9.17) is 10.5 Å². The number of urea groups is 1. The van der Waals surface area contributed by atoms with Crippen LogP contribution in [0, 0.1) is 0 Å². The summed E-state index contributed by atoms with van der Waals surface area (Å²) in [5.41, 5.74) is 7.29.